The van der Waals surface area contributed by atoms with E-state index >= 15 is 0 Å². The number of carbonyl (C=O) groups is 1. The van der Waals surface area contributed by atoms with Gasteiger partial charge in [0.05, 0.1) is 5.69 Å². The third-order valence-electron chi connectivity index (χ3n) is 3.39. The van der Waals surface area contributed by atoms with Gasteiger partial charge in [-0.15, -0.1) is 11.3 Å². The molecule has 0 aromatic carbocycles. The van der Waals surface area contributed by atoms with Crippen molar-refractivity contribution in [2.75, 3.05) is 13.1 Å². The minimum Gasteiger partial charge on any atom is -0.347 e. The molecule has 3 heterocycles. The zero-order valence-electron chi connectivity index (χ0n) is 11.8. The van der Waals surface area contributed by atoms with Crippen molar-refractivity contribution in [2.45, 2.75) is 25.8 Å². The molecule has 6 nitrogen and oxygen atoms in total. The molecule has 110 valence electrons. The molecule has 0 radical (unpaired) electrons. The van der Waals surface area contributed by atoms with Gasteiger partial charge in [0.15, 0.2) is 10.8 Å². The molecule has 2 aromatic heterocycles. The Morgan fingerprint density at radius 2 is 2.24 bits per heavy atom. The highest BCUT2D eigenvalue weighted by atomic mass is 32.1. The van der Waals surface area contributed by atoms with Crippen LogP contribution in [0.15, 0.2) is 18.5 Å². The van der Waals surface area contributed by atoms with Crippen molar-refractivity contribution in [1.29, 1.82) is 0 Å². The summed E-state index contributed by atoms with van der Waals surface area (Å²) in [6.07, 6.45) is 5.46. The molecule has 0 saturated carbocycles. The minimum atomic E-state index is -0.0547. The van der Waals surface area contributed by atoms with E-state index in [2.05, 4.69) is 25.6 Å². The summed E-state index contributed by atoms with van der Waals surface area (Å²) < 4.78 is 0. The van der Waals surface area contributed by atoms with Crippen LogP contribution in [0.5, 0.6) is 0 Å². The Kier molecular flexibility index (Phi) is 4.21. The molecular formula is C14H17N5OS. The van der Waals surface area contributed by atoms with Crippen molar-refractivity contribution in [2.24, 2.45) is 0 Å². The number of rotatable bonds is 3. The van der Waals surface area contributed by atoms with E-state index in [1.165, 1.54) is 11.3 Å². The second-order valence-corrected chi connectivity index (χ2v) is 6.02. The molecule has 0 aliphatic carbocycles. The zero-order chi connectivity index (χ0) is 14.7. The molecule has 3 rings (SSSR count). The summed E-state index contributed by atoms with van der Waals surface area (Å²) in [5, 5.41) is 7.04. The van der Waals surface area contributed by atoms with Crippen LogP contribution in [-0.4, -0.2) is 40.0 Å². The lowest BCUT2D eigenvalue weighted by atomic mass is 10.1. The van der Waals surface area contributed by atoms with Crippen molar-refractivity contribution in [1.82, 2.24) is 25.6 Å². The Balaban J connectivity index is 1.76. The number of amides is 1. The number of piperidine rings is 1. The van der Waals surface area contributed by atoms with Gasteiger partial charge in [0, 0.05) is 25.0 Å². The molecule has 1 amide bonds. The van der Waals surface area contributed by atoms with Gasteiger partial charge in [-0.1, -0.05) is 0 Å². The molecule has 0 spiro atoms. The van der Waals surface area contributed by atoms with Crippen LogP contribution in [0.25, 0.3) is 10.8 Å². The SMILES string of the molecule is Cc1nc(-c2ncccn2)sc1C(=O)N[C@H]1CCCNC1. The van der Waals surface area contributed by atoms with E-state index in [0.717, 1.165) is 31.6 Å². The standard InChI is InChI=1S/C14H17N5OS/c1-9-11(13(20)19-10-4-2-5-15-8-10)21-14(18-9)12-16-6-3-7-17-12/h3,6-7,10,15H,2,4-5,8H2,1H3,(H,19,20)/t10-/m0/s1. The van der Waals surface area contributed by atoms with Gasteiger partial charge in [0.25, 0.3) is 5.91 Å². The van der Waals surface area contributed by atoms with E-state index in [-0.39, 0.29) is 11.9 Å². The summed E-state index contributed by atoms with van der Waals surface area (Å²) in [4.78, 5) is 25.8. The maximum absolute atomic E-state index is 12.4. The highest BCUT2D eigenvalue weighted by molar-refractivity contribution is 7.17. The fourth-order valence-corrected chi connectivity index (χ4v) is 3.26. The van der Waals surface area contributed by atoms with E-state index in [9.17, 15) is 4.79 Å². The van der Waals surface area contributed by atoms with Gasteiger partial charge >= 0.3 is 0 Å². The Morgan fingerprint density at radius 3 is 2.95 bits per heavy atom. The average Bonchev–Trinajstić information content (AvgIpc) is 2.91. The van der Waals surface area contributed by atoms with E-state index in [1.54, 1.807) is 18.5 Å². The number of aromatic nitrogens is 3. The summed E-state index contributed by atoms with van der Waals surface area (Å²) in [6.45, 7) is 3.71. The van der Waals surface area contributed by atoms with Gasteiger partial charge in [-0.25, -0.2) is 15.0 Å². The first-order valence-electron chi connectivity index (χ1n) is 7.00. The van der Waals surface area contributed by atoms with Gasteiger partial charge < -0.3 is 10.6 Å². The Bertz CT molecular complexity index is 622. The number of thiazole rings is 1. The van der Waals surface area contributed by atoms with Gasteiger partial charge in [0.2, 0.25) is 0 Å². The minimum absolute atomic E-state index is 0.0547. The smallest absolute Gasteiger partial charge is 0.263 e. The first-order valence-corrected chi connectivity index (χ1v) is 7.82. The fourth-order valence-electron chi connectivity index (χ4n) is 2.34. The second-order valence-electron chi connectivity index (χ2n) is 5.02. The lowest BCUT2D eigenvalue weighted by Gasteiger charge is -2.23. The highest BCUT2D eigenvalue weighted by Crippen LogP contribution is 2.25. The third kappa shape index (κ3) is 3.25. The summed E-state index contributed by atoms with van der Waals surface area (Å²) in [5.41, 5.74) is 0.726. The highest BCUT2D eigenvalue weighted by Gasteiger charge is 2.21. The molecule has 21 heavy (non-hydrogen) atoms. The van der Waals surface area contributed by atoms with Crippen molar-refractivity contribution < 1.29 is 4.79 Å². The molecule has 2 aromatic rings. The maximum Gasteiger partial charge on any atom is 0.263 e. The molecule has 1 aliphatic rings. The first kappa shape index (κ1) is 14.1. The molecule has 0 bridgehead atoms. The quantitative estimate of drug-likeness (QED) is 0.895. The van der Waals surface area contributed by atoms with E-state index in [4.69, 9.17) is 0 Å². The third-order valence-corrected chi connectivity index (χ3v) is 4.54. The van der Waals surface area contributed by atoms with Crippen LogP contribution in [0, 0.1) is 6.92 Å². The molecule has 1 saturated heterocycles. The zero-order valence-corrected chi connectivity index (χ0v) is 12.6. The summed E-state index contributed by atoms with van der Waals surface area (Å²) in [6, 6.07) is 1.96. The van der Waals surface area contributed by atoms with Gasteiger partial charge in [-0.3, -0.25) is 4.79 Å². The number of nitrogens with zero attached hydrogens (tertiary/aromatic N) is 3. The van der Waals surface area contributed by atoms with Crippen LogP contribution in [0.4, 0.5) is 0 Å². The number of aryl methyl sites for hydroxylation is 1. The average molecular weight is 303 g/mol. The van der Waals surface area contributed by atoms with Crippen LogP contribution in [0.1, 0.15) is 28.2 Å². The monoisotopic (exact) mass is 303 g/mol. The Hall–Kier alpha value is -1.86. The molecule has 1 atom stereocenters. The van der Waals surface area contributed by atoms with Crippen molar-refractivity contribution in [3.63, 3.8) is 0 Å². The number of hydrogen-bond donors (Lipinski definition) is 2. The number of carbonyl (C=O) groups excluding carboxylic acids is 1. The Morgan fingerprint density at radius 1 is 1.43 bits per heavy atom. The van der Waals surface area contributed by atoms with Crippen LogP contribution >= 0.6 is 11.3 Å². The maximum atomic E-state index is 12.4. The van der Waals surface area contributed by atoms with E-state index in [0.29, 0.717) is 15.7 Å². The van der Waals surface area contributed by atoms with Crippen LogP contribution < -0.4 is 10.6 Å². The number of hydrogen-bond acceptors (Lipinski definition) is 6. The lowest BCUT2D eigenvalue weighted by molar-refractivity contribution is 0.0934. The summed E-state index contributed by atoms with van der Waals surface area (Å²) in [5.74, 6) is 0.505. The predicted octanol–water partition coefficient (Wildman–Crippen LogP) is 1.39. The lowest BCUT2D eigenvalue weighted by Crippen LogP contribution is -2.45. The fraction of sp³-hybridized carbons (Fsp3) is 0.429. The largest absolute Gasteiger partial charge is 0.347 e. The van der Waals surface area contributed by atoms with Gasteiger partial charge in [0.1, 0.15) is 4.88 Å². The molecule has 1 aliphatic heterocycles. The number of nitrogens with one attached hydrogen (secondary N) is 2. The molecule has 2 N–H and O–H groups in total. The summed E-state index contributed by atoms with van der Waals surface area (Å²) >= 11 is 1.34. The van der Waals surface area contributed by atoms with Crippen LogP contribution in [0.2, 0.25) is 0 Å². The van der Waals surface area contributed by atoms with Gasteiger partial charge in [-0.2, -0.15) is 0 Å². The first-order chi connectivity index (χ1) is 10.2. The van der Waals surface area contributed by atoms with E-state index < -0.39 is 0 Å². The summed E-state index contributed by atoms with van der Waals surface area (Å²) in [7, 11) is 0. The molecule has 0 unspecified atom stereocenters. The van der Waals surface area contributed by atoms with Crippen molar-refractivity contribution >= 4 is 17.2 Å². The van der Waals surface area contributed by atoms with E-state index in [1.807, 2.05) is 6.92 Å². The van der Waals surface area contributed by atoms with Crippen LogP contribution in [0.3, 0.4) is 0 Å². The molecular weight excluding hydrogens is 286 g/mol. The Labute approximate surface area is 127 Å². The van der Waals surface area contributed by atoms with Crippen LogP contribution in [-0.2, 0) is 0 Å². The second kappa shape index (κ2) is 6.28. The molecule has 1 fully saturated rings. The van der Waals surface area contributed by atoms with Gasteiger partial charge in [-0.05, 0) is 32.4 Å². The topological polar surface area (TPSA) is 79.8 Å². The van der Waals surface area contributed by atoms with Crippen molar-refractivity contribution in [3.8, 4) is 10.8 Å². The molecule has 7 heteroatoms. The predicted molar refractivity (Wildman–Crippen MR) is 81.2 cm³/mol. The normalized spacial score (nSPS) is 18.4. The van der Waals surface area contributed by atoms with Crippen molar-refractivity contribution in [3.05, 3.63) is 29.0 Å².